The number of allylic oxidation sites excluding steroid dienone is 4. The van der Waals surface area contributed by atoms with Gasteiger partial charge in [-0.15, -0.1) is 0 Å². The van der Waals surface area contributed by atoms with Gasteiger partial charge in [0.1, 0.15) is 0 Å². The average Bonchev–Trinajstić information content (AvgIpc) is 2.56. The Morgan fingerprint density at radius 2 is 0.518 bits per heavy atom. The summed E-state index contributed by atoms with van der Waals surface area (Å²) in [5, 5.41) is 0. The Morgan fingerprint density at radius 1 is 0.271 bits per heavy atom. The number of benzene rings is 2. The molecular formula is C83H144N2. The highest BCUT2D eigenvalue weighted by molar-refractivity contribution is 5.85. The van der Waals surface area contributed by atoms with Crippen molar-refractivity contribution < 1.29 is 4.70 Å². The number of nitrogens with zero attached hydrogens (tertiary/aromatic N) is 2. The molecule has 0 bridgehead atoms. The van der Waals surface area contributed by atoms with Crippen molar-refractivity contribution in [3.63, 3.8) is 0 Å². The predicted molar refractivity (Wildman–Crippen MR) is 383 cm³/mol. The highest BCUT2D eigenvalue weighted by Crippen LogP contribution is 2.45. The molecule has 85 heavy (non-hydrogen) atoms. The molecular weight excluding hydrogens is 1020 g/mol. The summed E-state index contributed by atoms with van der Waals surface area (Å²) in [7, 11) is 0. The summed E-state index contributed by atoms with van der Waals surface area (Å²) in [6, 6.07) is 10.4. The summed E-state index contributed by atoms with van der Waals surface area (Å²) in [5.74, 6) is 0. The lowest BCUT2D eigenvalue weighted by molar-refractivity contribution is -0.345. The molecule has 0 amide bonds. The van der Waals surface area contributed by atoms with Gasteiger partial charge in [0, 0.05) is 16.7 Å². The second kappa shape index (κ2) is 53.1. The van der Waals surface area contributed by atoms with E-state index in [1.165, 1.54) is 350 Å². The van der Waals surface area contributed by atoms with Crippen molar-refractivity contribution in [1.82, 2.24) is 0 Å². The maximum absolute atomic E-state index is 13.6. The molecule has 0 aliphatic carbocycles. The highest BCUT2D eigenvalue weighted by Gasteiger charge is 2.36. The lowest BCUT2D eigenvalue weighted by Gasteiger charge is -2.20. The molecule has 3 rings (SSSR count). The zero-order chi connectivity index (χ0) is 61.1. The van der Waals surface area contributed by atoms with Crippen LogP contribution in [0.3, 0.4) is 0 Å². The second-order valence-corrected chi connectivity index (χ2v) is 27.4. The third-order valence-corrected chi connectivity index (χ3v) is 19.5. The van der Waals surface area contributed by atoms with Crippen LogP contribution in [0.1, 0.15) is 427 Å². The fourth-order valence-corrected chi connectivity index (χ4v) is 14.0. The van der Waals surface area contributed by atoms with Gasteiger partial charge in [0.25, 0.3) is 0 Å². The fraction of sp³-hybridized carbons (Fsp3) is 0.783. The van der Waals surface area contributed by atoms with Crippen LogP contribution < -0.4 is 0 Å². The van der Waals surface area contributed by atoms with Crippen molar-refractivity contribution in [1.29, 1.82) is 0 Å². The fourth-order valence-electron chi connectivity index (χ4n) is 14.0. The number of aryl methyl sites for hydroxylation is 4. The molecule has 0 N–H and O–H groups in total. The summed E-state index contributed by atoms with van der Waals surface area (Å²) >= 11 is 0. The van der Waals surface area contributed by atoms with Gasteiger partial charge < -0.3 is 5.53 Å². The monoisotopic (exact) mass is 1170 g/mol. The maximum Gasteiger partial charge on any atom is 0.215 e. The molecule has 0 spiro atoms. The van der Waals surface area contributed by atoms with Crippen LogP contribution in [0.5, 0.6) is 0 Å². The van der Waals surface area contributed by atoms with Crippen molar-refractivity contribution in [2.75, 3.05) is 0 Å². The van der Waals surface area contributed by atoms with E-state index in [0.29, 0.717) is 0 Å². The number of hydrogen-bond donors (Lipinski definition) is 0. The minimum atomic E-state index is 1.02. The summed E-state index contributed by atoms with van der Waals surface area (Å²) in [6.07, 6.45) is 79.9. The van der Waals surface area contributed by atoms with E-state index in [9.17, 15) is 5.53 Å². The summed E-state index contributed by atoms with van der Waals surface area (Å²) in [4.78, 5) is 0. The Kier molecular flexibility index (Phi) is 47.8. The van der Waals surface area contributed by atoms with E-state index in [0.717, 1.165) is 49.9 Å². The van der Waals surface area contributed by atoms with E-state index in [1.54, 1.807) is 38.1 Å². The van der Waals surface area contributed by atoms with E-state index in [4.69, 9.17) is 0 Å². The maximum atomic E-state index is 13.6. The molecule has 486 valence electrons. The Bertz CT molecular complexity index is 1970. The van der Waals surface area contributed by atoms with Gasteiger partial charge in [-0.2, -0.15) is 0 Å². The van der Waals surface area contributed by atoms with Gasteiger partial charge in [0.2, 0.25) is 11.4 Å². The van der Waals surface area contributed by atoms with Crippen molar-refractivity contribution in [3.05, 3.63) is 97.6 Å². The molecule has 0 saturated carbocycles. The third kappa shape index (κ3) is 33.1. The topological polar surface area (TPSA) is 25.3 Å². The predicted octanol–water partition coefficient (Wildman–Crippen LogP) is 28.7. The van der Waals surface area contributed by atoms with E-state index < -0.39 is 0 Å². The number of hydrogen-bond acceptors (Lipinski definition) is 0. The molecule has 0 fully saturated rings. The minimum absolute atomic E-state index is 1.02. The zero-order valence-corrected chi connectivity index (χ0v) is 58.7. The van der Waals surface area contributed by atoms with E-state index in [-0.39, 0.29) is 0 Å². The van der Waals surface area contributed by atoms with Crippen molar-refractivity contribution in [3.8, 4) is 0 Å². The van der Waals surface area contributed by atoms with Crippen LogP contribution >= 0.6 is 0 Å². The molecule has 2 nitrogen and oxygen atoms in total. The Labute approximate surface area is 532 Å². The first-order chi connectivity index (χ1) is 41.9. The first kappa shape index (κ1) is 76.5. The number of unbranched alkanes of at least 4 members (excludes halogenated alkanes) is 42. The van der Waals surface area contributed by atoms with Crippen LogP contribution in [0.25, 0.3) is 16.9 Å². The Balaban J connectivity index is 2.07. The zero-order valence-electron chi connectivity index (χ0n) is 58.7. The minimum Gasteiger partial charge on any atom is -0.493 e. The lowest BCUT2D eigenvalue weighted by atomic mass is 9.86. The van der Waals surface area contributed by atoms with E-state index in [1.807, 2.05) is 0 Å². The summed E-state index contributed by atoms with van der Waals surface area (Å²) < 4.78 is 1.78. The molecule has 0 saturated heterocycles. The smallest absolute Gasteiger partial charge is 0.215 e. The SMILES string of the molecule is CCCCCCCCCCCCCCCCCCCCCCC=CC1=C(c2cc(CCCCCC)c(CCCC)c(CCCCCC)c2)[N+](=[N-])C(c2cc(CCCCCC)c(CCCC)c(CCCCCC)c2)=C1CCCCCCCCCCC. The van der Waals surface area contributed by atoms with E-state index in [2.05, 4.69) is 91.8 Å². The number of rotatable bonds is 60. The van der Waals surface area contributed by atoms with Crippen LogP contribution in [-0.4, -0.2) is 4.70 Å². The molecule has 0 aromatic heterocycles. The van der Waals surface area contributed by atoms with Crippen molar-refractivity contribution in [2.24, 2.45) is 0 Å². The third-order valence-electron chi connectivity index (χ3n) is 19.5. The largest absolute Gasteiger partial charge is 0.493 e. The Hall–Kier alpha value is -2.74. The van der Waals surface area contributed by atoms with Crippen LogP contribution in [-0.2, 0) is 38.5 Å². The molecule has 2 aromatic rings. The molecule has 2 heteroatoms. The van der Waals surface area contributed by atoms with Gasteiger partial charge in [0.05, 0.1) is 5.57 Å². The van der Waals surface area contributed by atoms with Crippen LogP contribution in [0.2, 0.25) is 0 Å². The average molecular weight is 1170 g/mol. The molecule has 0 atom stereocenters. The molecule has 1 aliphatic heterocycles. The molecule has 1 aliphatic rings. The van der Waals surface area contributed by atoms with Gasteiger partial charge >= 0.3 is 0 Å². The first-order valence-electron chi connectivity index (χ1n) is 38.9. The van der Waals surface area contributed by atoms with Crippen molar-refractivity contribution in [2.45, 2.75) is 421 Å². The highest BCUT2D eigenvalue weighted by atomic mass is 15.2. The second-order valence-electron chi connectivity index (χ2n) is 27.4. The van der Waals surface area contributed by atoms with Crippen molar-refractivity contribution >= 4 is 11.4 Å². The molecule has 2 aromatic carbocycles. The quantitative estimate of drug-likeness (QED) is 0.0466. The van der Waals surface area contributed by atoms with Gasteiger partial charge in [-0.3, -0.25) is 0 Å². The summed E-state index contributed by atoms with van der Waals surface area (Å²) in [6.45, 7) is 18.8. The molecule has 0 unspecified atom stereocenters. The normalized spacial score (nSPS) is 12.9. The standard InChI is InChI=1S/C83H144N2/c1-9-17-25-31-33-35-36-37-38-39-40-41-42-43-44-45-46-47-49-51-53-59-67-81-80(66-58-52-50-48-34-32-26-18-10-2)82(76-68-72(60-54-27-19-11-3)78(64-23-15-7)73(69-76)61-55-28-20-12-4)85(84)83(81)77-70-74(62-56-29-21-13-5)79(65-24-16-8)75(71-77)63-57-30-22-14-6/h59,67-71H,9-58,60-66H2,1-8H3. The van der Waals surface area contributed by atoms with Gasteiger partial charge in [-0.1, -0.05) is 331 Å². The van der Waals surface area contributed by atoms with Crippen LogP contribution in [0, 0.1) is 0 Å². The first-order valence-corrected chi connectivity index (χ1v) is 38.9. The van der Waals surface area contributed by atoms with Gasteiger partial charge in [-0.25, -0.2) is 4.70 Å². The van der Waals surface area contributed by atoms with Crippen LogP contribution in [0.4, 0.5) is 0 Å². The summed E-state index contributed by atoms with van der Waals surface area (Å²) in [5.41, 5.74) is 30.6. The van der Waals surface area contributed by atoms with Crippen LogP contribution in [0.15, 0.2) is 47.6 Å². The van der Waals surface area contributed by atoms with E-state index >= 15 is 0 Å². The lowest BCUT2D eigenvalue weighted by Crippen LogP contribution is -2.09. The Morgan fingerprint density at radius 3 is 0.824 bits per heavy atom. The van der Waals surface area contributed by atoms with Gasteiger partial charge in [0.15, 0.2) is 0 Å². The van der Waals surface area contributed by atoms with Gasteiger partial charge in [-0.05, 0) is 160 Å². The molecule has 0 radical (unpaired) electrons. The molecule has 1 heterocycles.